The molecule has 1 unspecified atom stereocenters. The van der Waals surface area contributed by atoms with E-state index < -0.39 is 17.2 Å². The van der Waals surface area contributed by atoms with E-state index in [0.29, 0.717) is 22.3 Å². The van der Waals surface area contributed by atoms with Gasteiger partial charge in [-0.15, -0.1) is 0 Å². The van der Waals surface area contributed by atoms with Gasteiger partial charge < -0.3 is 5.11 Å². The van der Waals surface area contributed by atoms with Crippen molar-refractivity contribution < 1.29 is 23.5 Å². The molecular formula is C24H19F2NO3. The number of carbonyl (C=O) groups excluding carboxylic acids is 2. The molecule has 0 spiro atoms. The third-order valence-electron chi connectivity index (χ3n) is 5.45. The first kappa shape index (κ1) is 19.9. The van der Waals surface area contributed by atoms with Crippen LogP contribution in [-0.4, -0.2) is 28.4 Å². The Morgan fingerprint density at radius 1 is 0.867 bits per heavy atom. The van der Waals surface area contributed by atoms with Crippen molar-refractivity contribution in [1.82, 2.24) is 4.90 Å². The van der Waals surface area contributed by atoms with Crippen LogP contribution in [0.1, 0.15) is 39.6 Å². The molecule has 1 N–H and O–H groups in total. The van der Waals surface area contributed by atoms with Gasteiger partial charge in [0.1, 0.15) is 11.6 Å². The molecule has 2 amide bonds. The summed E-state index contributed by atoms with van der Waals surface area (Å²) in [5.41, 5.74) is 0.793. The molecule has 1 aliphatic rings. The van der Waals surface area contributed by atoms with Gasteiger partial charge in [0.05, 0.1) is 16.7 Å². The molecule has 1 heterocycles. The van der Waals surface area contributed by atoms with Crippen LogP contribution in [0.15, 0.2) is 66.7 Å². The van der Waals surface area contributed by atoms with Crippen LogP contribution in [0.2, 0.25) is 0 Å². The standard InChI is InChI=1S/C24H19F2NO3/c1-24(30,12-13-27-22(28)19-4-2-3-5-20(19)23(27)29)16-8-6-15(7-9-16)18-11-10-17(25)14-21(18)26/h2-11,14,30H,12-13H2,1H3. The van der Waals surface area contributed by atoms with Crippen LogP contribution in [0, 0.1) is 11.6 Å². The summed E-state index contributed by atoms with van der Waals surface area (Å²) >= 11 is 0. The molecule has 1 aliphatic heterocycles. The fourth-order valence-electron chi connectivity index (χ4n) is 3.65. The summed E-state index contributed by atoms with van der Waals surface area (Å²) in [5, 5.41) is 10.9. The quantitative estimate of drug-likeness (QED) is 0.633. The molecule has 30 heavy (non-hydrogen) atoms. The number of nitrogens with zero attached hydrogens (tertiary/aromatic N) is 1. The topological polar surface area (TPSA) is 57.6 Å². The minimum Gasteiger partial charge on any atom is -0.385 e. The molecule has 1 atom stereocenters. The van der Waals surface area contributed by atoms with Crippen LogP contribution in [0.3, 0.4) is 0 Å². The Bertz CT molecular complexity index is 1100. The lowest BCUT2D eigenvalue weighted by Gasteiger charge is -2.26. The molecule has 3 aromatic carbocycles. The molecule has 6 heteroatoms. The smallest absolute Gasteiger partial charge is 0.261 e. The highest BCUT2D eigenvalue weighted by Crippen LogP contribution is 2.30. The average molecular weight is 407 g/mol. The number of halogens is 2. The zero-order chi connectivity index (χ0) is 21.5. The third-order valence-corrected chi connectivity index (χ3v) is 5.45. The first-order valence-electron chi connectivity index (χ1n) is 9.51. The lowest BCUT2D eigenvalue weighted by molar-refractivity contribution is 0.0339. The van der Waals surface area contributed by atoms with Gasteiger partial charge >= 0.3 is 0 Å². The van der Waals surface area contributed by atoms with Crippen LogP contribution < -0.4 is 0 Å². The first-order chi connectivity index (χ1) is 14.3. The van der Waals surface area contributed by atoms with Crippen LogP contribution in [0.25, 0.3) is 11.1 Å². The lowest BCUT2D eigenvalue weighted by atomic mass is 9.90. The summed E-state index contributed by atoms with van der Waals surface area (Å²) < 4.78 is 27.1. The van der Waals surface area contributed by atoms with Crippen LogP contribution in [0.4, 0.5) is 8.78 Å². The highest BCUT2D eigenvalue weighted by Gasteiger charge is 2.36. The summed E-state index contributed by atoms with van der Waals surface area (Å²) in [4.78, 5) is 26.1. The Kier molecular flexibility index (Phi) is 4.95. The van der Waals surface area contributed by atoms with Crippen molar-refractivity contribution >= 4 is 11.8 Å². The molecule has 0 aromatic heterocycles. The summed E-state index contributed by atoms with van der Waals surface area (Å²) in [6.07, 6.45) is 0.142. The molecule has 0 bridgehead atoms. The number of aliphatic hydroxyl groups is 1. The van der Waals surface area contributed by atoms with Gasteiger partial charge in [0, 0.05) is 18.2 Å². The van der Waals surface area contributed by atoms with Gasteiger partial charge in [0.25, 0.3) is 11.8 Å². The predicted octanol–water partition coefficient (Wildman–Crippen LogP) is 4.53. The maximum Gasteiger partial charge on any atom is 0.261 e. The minimum atomic E-state index is -1.31. The van der Waals surface area contributed by atoms with E-state index in [9.17, 15) is 23.5 Å². The zero-order valence-electron chi connectivity index (χ0n) is 16.2. The molecule has 0 aliphatic carbocycles. The van der Waals surface area contributed by atoms with Crippen LogP contribution >= 0.6 is 0 Å². The molecule has 0 saturated carbocycles. The van der Waals surface area contributed by atoms with Gasteiger partial charge in [-0.1, -0.05) is 36.4 Å². The number of hydrogen-bond donors (Lipinski definition) is 1. The van der Waals surface area contributed by atoms with Crippen LogP contribution in [-0.2, 0) is 5.60 Å². The molecule has 4 nitrogen and oxygen atoms in total. The highest BCUT2D eigenvalue weighted by atomic mass is 19.1. The molecule has 4 rings (SSSR count). The molecule has 0 saturated heterocycles. The Morgan fingerprint density at radius 2 is 1.47 bits per heavy atom. The average Bonchev–Trinajstić information content (AvgIpc) is 2.97. The van der Waals surface area contributed by atoms with E-state index in [4.69, 9.17) is 0 Å². The Hall–Kier alpha value is -3.38. The molecule has 152 valence electrons. The van der Waals surface area contributed by atoms with Crippen molar-refractivity contribution in [2.45, 2.75) is 18.9 Å². The zero-order valence-corrected chi connectivity index (χ0v) is 16.2. The van der Waals surface area contributed by atoms with Gasteiger partial charge in [-0.3, -0.25) is 14.5 Å². The monoisotopic (exact) mass is 407 g/mol. The van der Waals surface area contributed by atoms with E-state index in [0.717, 1.165) is 11.0 Å². The van der Waals surface area contributed by atoms with E-state index >= 15 is 0 Å². The van der Waals surface area contributed by atoms with Crippen molar-refractivity contribution in [3.63, 3.8) is 0 Å². The second kappa shape index (κ2) is 7.46. The third kappa shape index (κ3) is 3.50. The van der Waals surface area contributed by atoms with Gasteiger partial charge in [-0.25, -0.2) is 8.78 Å². The minimum absolute atomic E-state index is 0.0632. The fourth-order valence-corrected chi connectivity index (χ4v) is 3.65. The van der Waals surface area contributed by atoms with E-state index in [1.807, 2.05) is 0 Å². The Labute approximate surface area is 172 Å². The van der Waals surface area contributed by atoms with E-state index in [1.165, 1.54) is 12.1 Å². The highest BCUT2D eigenvalue weighted by molar-refractivity contribution is 6.21. The second-order valence-electron chi connectivity index (χ2n) is 7.53. The Balaban J connectivity index is 1.49. The molecule has 0 radical (unpaired) electrons. The Morgan fingerprint density at radius 3 is 2.03 bits per heavy atom. The number of benzene rings is 3. The predicted molar refractivity (Wildman–Crippen MR) is 108 cm³/mol. The lowest BCUT2D eigenvalue weighted by Crippen LogP contribution is -2.35. The number of amides is 2. The van der Waals surface area contributed by atoms with Crippen LogP contribution in [0.5, 0.6) is 0 Å². The van der Waals surface area contributed by atoms with E-state index in [2.05, 4.69) is 0 Å². The van der Waals surface area contributed by atoms with Gasteiger partial charge in [0.2, 0.25) is 0 Å². The number of fused-ring (bicyclic) bond motifs is 1. The van der Waals surface area contributed by atoms with Gasteiger partial charge in [-0.2, -0.15) is 0 Å². The van der Waals surface area contributed by atoms with Crippen molar-refractivity contribution in [3.05, 3.63) is 95.1 Å². The molecule has 3 aromatic rings. The second-order valence-corrected chi connectivity index (χ2v) is 7.53. The summed E-state index contributed by atoms with van der Waals surface area (Å²) in [5.74, 6) is -2.05. The number of carbonyl (C=O) groups is 2. The maximum atomic E-state index is 14.0. The fraction of sp³-hybridized carbons (Fsp3) is 0.167. The summed E-state index contributed by atoms with van der Waals surface area (Å²) in [6, 6.07) is 16.6. The summed E-state index contributed by atoms with van der Waals surface area (Å²) in [6.45, 7) is 1.66. The van der Waals surface area contributed by atoms with Crippen molar-refractivity contribution in [1.29, 1.82) is 0 Å². The number of hydrogen-bond acceptors (Lipinski definition) is 3. The largest absolute Gasteiger partial charge is 0.385 e. The molecular weight excluding hydrogens is 388 g/mol. The normalized spacial score (nSPS) is 15.3. The van der Waals surface area contributed by atoms with Crippen molar-refractivity contribution in [3.8, 4) is 11.1 Å². The number of rotatable bonds is 5. The number of imide groups is 1. The van der Waals surface area contributed by atoms with Crippen molar-refractivity contribution in [2.24, 2.45) is 0 Å². The first-order valence-corrected chi connectivity index (χ1v) is 9.51. The molecule has 0 fully saturated rings. The van der Waals surface area contributed by atoms with E-state index in [-0.39, 0.29) is 30.3 Å². The van der Waals surface area contributed by atoms with Gasteiger partial charge in [0.15, 0.2) is 0 Å². The SMILES string of the molecule is CC(O)(CCN1C(=O)c2ccccc2C1=O)c1ccc(-c2ccc(F)cc2F)cc1. The maximum absolute atomic E-state index is 14.0. The van der Waals surface area contributed by atoms with Crippen molar-refractivity contribution in [2.75, 3.05) is 6.54 Å². The van der Waals surface area contributed by atoms with E-state index in [1.54, 1.807) is 55.5 Å². The summed E-state index contributed by atoms with van der Waals surface area (Å²) in [7, 11) is 0. The van der Waals surface area contributed by atoms with Gasteiger partial charge in [-0.05, 0) is 48.7 Å².